The van der Waals surface area contributed by atoms with Crippen molar-refractivity contribution in [3.8, 4) is 0 Å². The Bertz CT molecular complexity index is 141. The summed E-state index contributed by atoms with van der Waals surface area (Å²) in [7, 11) is 0. The largest absolute Gasteiger partial charge is 0.314 e. The molecular formula is C11H24N2S. The number of nitrogens with zero attached hydrogens (tertiary/aromatic N) is 1. The minimum Gasteiger partial charge on any atom is -0.314 e. The Morgan fingerprint density at radius 3 is 3.00 bits per heavy atom. The van der Waals surface area contributed by atoms with Gasteiger partial charge in [0.1, 0.15) is 0 Å². The molecule has 1 N–H and O–H groups in total. The highest BCUT2D eigenvalue weighted by Crippen LogP contribution is 2.09. The molecule has 1 fully saturated rings. The molecule has 1 aliphatic rings. The quantitative estimate of drug-likeness (QED) is 0.682. The molecule has 0 amide bonds. The van der Waals surface area contributed by atoms with Crippen LogP contribution in [-0.4, -0.2) is 49.1 Å². The SMILES string of the molecule is CCC1CNCCN1CCCCSC. The van der Waals surface area contributed by atoms with E-state index in [0.717, 1.165) is 6.04 Å². The molecule has 0 saturated carbocycles. The van der Waals surface area contributed by atoms with Crippen LogP contribution in [0.3, 0.4) is 0 Å². The number of piperazine rings is 1. The summed E-state index contributed by atoms with van der Waals surface area (Å²) in [5, 5.41) is 3.47. The second kappa shape index (κ2) is 7.55. The highest BCUT2D eigenvalue weighted by atomic mass is 32.2. The molecule has 0 bridgehead atoms. The van der Waals surface area contributed by atoms with Crippen LogP contribution in [0.5, 0.6) is 0 Å². The van der Waals surface area contributed by atoms with Gasteiger partial charge in [0.15, 0.2) is 0 Å². The summed E-state index contributed by atoms with van der Waals surface area (Å²) in [6.45, 7) is 7.23. The lowest BCUT2D eigenvalue weighted by atomic mass is 10.1. The van der Waals surface area contributed by atoms with Crippen molar-refractivity contribution in [1.29, 1.82) is 0 Å². The topological polar surface area (TPSA) is 15.3 Å². The van der Waals surface area contributed by atoms with Crippen LogP contribution >= 0.6 is 11.8 Å². The Kier molecular flexibility index (Phi) is 6.65. The molecule has 1 unspecified atom stereocenters. The number of nitrogens with one attached hydrogen (secondary N) is 1. The van der Waals surface area contributed by atoms with Crippen molar-refractivity contribution in [3.05, 3.63) is 0 Å². The molecule has 1 atom stereocenters. The van der Waals surface area contributed by atoms with Crippen molar-refractivity contribution in [2.75, 3.05) is 38.2 Å². The lowest BCUT2D eigenvalue weighted by molar-refractivity contribution is 0.155. The molecule has 1 aliphatic heterocycles. The Hall–Kier alpha value is 0.270. The summed E-state index contributed by atoms with van der Waals surface area (Å²) in [5.74, 6) is 1.32. The molecule has 3 heteroatoms. The fraction of sp³-hybridized carbons (Fsp3) is 1.00. The second-order valence-electron chi connectivity index (χ2n) is 4.00. The van der Waals surface area contributed by atoms with Gasteiger partial charge in [-0.1, -0.05) is 6.92 Å². The summed E-state index contributed by atoms with van der Waals surface area (Å²) in [6, 6.07) is 0.790. The molecule has 84 valence electrons. The van der Waals surface area contributed by atoms with E-state index in [9.17, 15) is 0 Å². The first-order valence-electron chi connectivity index (χ1n) is 5.82. The van der Waals surface area contributed by atoms with Crippen molar-refractivity contribution in [3.63, 3.8) is 0 Å². The van der Waals surface area contributed by atoms with Gasteiger partial charge in [0, 0.05) is 25.7 Å². The molecule has 0 aromatic rings. The van der Waals surface area contributed by atoms with Gasteiger partial charge in [0.2, 0.25) is 0 Å². The van der Waals surface area contributed by atoms with Crippen LogP contribution < -0.4 is 5.32 Å². The van der Waals surface area contributed by atoms with Gasteiger partial charge in [0.05, 0.1) is 0 Å². The van der Waals surface area contributed by atoms with E-state index in [1.54, 1.807) is 0 Å². The van der Waals surface area contributed by atoms with Crippen molar-refractivity contribution >= 4 is 11.8 Å². The van der Waals surface area contributed by atoms with Gasteiger partial charge < -0.3 is 5.32 Å². The Balaban J connectivity index is 2.13. The van der Waals surface area contributed by atoms with Crippen molar-refractivity contribution in [1.82, 2.24) is 10.2 Å². The van der Waals surface area contributed by atoms with Gasteiger partial charge in [-0.2, -0.15) is 11.8 Å². The third-order valence-corrected chi connectivity index (χ3v) is 3.68. The number of hydrogen-bond donors (Lipinski definition) is 1. The molecule has 1 saturated heterocycles. The standard InChI is InChI=1S/C11H24N2S/c1-3-11-10-12-6-8-13(11)7-4-5-9-14-2/h11-12H,3-10H2,1-2H3. The smallest absolute Gasteiger partial charge is 0.0218 e. The van der Waals surface area contributed by atoms with Crippen LogP contribution in [0.4, 0.5) is 0 Å². The first-order valence-corrected chi connectivity index (χ1v) is 7.21. The van der Waals surface area contributed by atoms with E-state index in [0.29, 0.717) is 0 Å². The predicted molar refractivity (Wildman–Crippen MR) is 66.1 cm³/mol. The molecular weight excluding hydrogens is 192 g/mol. The number of unbranched alkanes of at least 4 members (excludes halogenated alkanes) is 1. The van der Waals surface area contributed by atoms with Crippen LogP contribution in [-0.2, 0) is 0 Å². The Morgan fingerprint density at radius 2 is 2.29 bits per heavy atom. The van der Waals surface area contributed by atoms with Crippen LogP contribution in [0.2, 0.25) is 0 Å². The number of rotatable bonds is 6. The monoisotopic (exact) mass is 216 g/mol. The third kappa shape index (κ3) is 4.20. The van der Waals surface area contributed by atoms with E-state index >= 15 is 0 Å². The van der Waals surface area contributed by atoms with E-state index in [1.165, 1.54) is 51.2 Å². The van der Waals surface area contributed by atoms with Gasteiger partial charge in [0.25, 0.3) is 0 Å². The van der Waals surface area contributed by atoms with Crippen LogP contribution in [0, 0.1) is 0 Å². The molecule has 0 aliphatic carbocycles. The summed E-state index contributed by atoms with van der Waals surface area (Å²) in [6.07, 6.45) is 6.23. The normalized spacial score (nSPS) is 24.0. The Morgan fingerprint density at radius 1 is 1.43 bits per heavy atom. The fourth-order valence-corrected chi connectivity index (χ4v) is 2.55. The van der Waals surface area contributed by atoms with Gasteiger partial charge in [-0.15, -0.1) is 0 Å². The maximum atomic E-state index is 3.47. The zero-order valence-electron chi connectivity index (χ0n) is 9.59. The molecule has 0 aromatic heterocycles. The average Bonchev–Trinajstić information content (AvgIpc) is 2.25. The predicted octanol–water partition coefficient (Wildman–Crippen LogP) is 1.81. The first kappa shape index (κ1) is 12.3. The molecule has 1 heterocycles. The summed E-state index contributed by atoms with van der Waals surface area (Å²) >= 11 is 1.96. The van der Waals surface area contributed by atoms with Crippen LogP contribution in [0.15, 0.2) is 0 Å². The van der Waals surface area contributed by atoms with E-state index < -0.39 is 0 Å². The second-order valence-corrected chi connectivity index (χ2v) is 4.99. The third-order valence-electron chi connectivity index (χ3n) is 2.99. The van der Waals surface area contributed by atoms with Crippen molar-refractivity contribution < 1.29 is 0 Å². The zero-order chi connectivity index (χ0) is 10.2. The van der Waals surface area contributed by atoms with E-state index in [1.807, 2.05) is 11.8 Å². The molecule has 0 spiro atoms. The minimum atomic E-state index is 0.790. The Labute approximate surface area is 92.8 Å². The number of hydrogen-bond acceptors (Lipinski definition) is 3. The van der Waals surface area contributed by atoms with Crippen LogP contribution in [0.25, 0.3) is 0 Å². The van der Waals surface area contributed by atoms with E-state index in [2.05, 4.69) is 23.4 Å². The van der Waals surface area contributed by atoms with E-state index in [-0.39, 0.29) is 0 Å². The average molecular weight is 216 g/mol. The fourth-order valence-electron chi connectivity index (χ4n) is 2.06. The summed E-state index contributed by atoms with van der Waals surface area (Å²) < 4.78 is 0. The number of thioether (sulfide) groups is 1. The summed E-state index contributed by atoms with van der Waals surface area (Å²) in [4.78, 5) is 2.66. The molecule has 1 rings (SSSR count). The maximum absolute atomic E-state index is 3.47. The van der Waals surface area contributed by atoms with Crippen LogP contribution in [0.1, 0.15) is 26.2 Å². The van der Waals surface area contributed by atoms with Gasteiger partial charge in [-0.3, -0.25) is 4.90 Å². The van der Waals surface area contributed by atoms with Gasteiger partial charge >= 0.3 is 0 Å². The maximum Gasteiger partial charge on any atom is 0.0218 e. The molecule has 2 nitrogen and oxygen atoms in total. The lowest BCUT2D eigenvalue weighted by Gasteiger charge is -2.35. The van der Waals surface area contributed by atoms with Gasteiger partial charge in [-0.25, -0.2) is 0 Å². The van der Waals surface area contributed by atoms with Crippen molar-refractivity contribution in [2.45, 2.75) is 32.2 Å². The minimum absolute atomic E-state index is 0.790. The molecule has 0 radical (unpaired) electrons. The lowest BCUT2D eigenvalue weighted by Crippen LogP contribution is -2.51. The molecule has 14 heavy (non-hydrogen) atoms. The first-order chi connectivity index (χ1) is 6.88. The molecule has 0 aromatic carbocycles. The van der Waals surface area contributed by atoms with Gasteiger partial charge in [-0.05, 0) is 37.8 Å². The summed E-state index contributed by atoms with van der Waals surface area (Å²) in [5.41, 5.74) is 0. The highest BCUT2D eigenvalue weighted by molar-refractivity contribution is 7.98. The van der Waals surface area contributed by atoms with E-state index in [4.69, 9.17) is 0 Å². The highest BCUT2D eigenvalue weighted by Gasteiger charge is 2.19. The van der Waals surface area contributed by atoms with Crippen molar-refractivity contribution in [2.24, 2.45) is 0 Å². The zero-order valence-corrected chi connectivity index (χ0v) is 10.4.